The van der Waals surface area contributed by atoms with Crippen LogP contribution in [0.3, 0.4) is 0 Å². The molecule has 0 unspecified atom stereocenters. The van der Waals surface area contributed by atoms with Gasteiger partial charge in [-0.05, 0) is 24.3 Å². The van der Waals surface area contributed by atoms with Crippen molar-refractivity contribution in [2.45, 2.75) is 24.9 Å². The Kier molecular flexibility index (Phi) is 6.68. The number of nitrogens with one attached hydrogen (secondary N) is 1. The van der Waals surface area contributed by atoms with E-state index in [1.807, 2.05) is 0 Å². The number of carbonyl (C=O) groups excluding carboxylic acids is 1. The molecule has 0 saturated carbocycles. The summed E-state index contributed by atoms with van der Waals surface area (Å²) in [6, 6.07) is 5.95. The predicted molar refractivity (Wildman–Crippen MR) is 98.8 cm³/mol. The zero-order chi connectivity index (χ0) is 21.1. The third-order valence-electron chi connectivity index (χ3n) is 3.84. The maximum absolute atomic E-state index is 12.7. The van der Waals surface area contributed by atoms with Crippen molar-refractivity contribution in [2.24, 2.45) is 0 Å². The van der Waals surface area contributed by atoms with Gasteiger partial charge >= 0.3 is 6.18 Å². The van der Waals surface area contributed by atoms with E-state index in [4.69, 9.17) is 11.6 Å². The average Bonchev–Trinajstić information content (AvgIpc) is 2.63. The van der Waals surface area contributed by atoms with Gasteiger partial charge in [0.2, 0.25) is 10.0 Å². The number of aromatic nitrogens is 1. The van der Waals surface area contributed by atoms with Gasteiger partial charge in [-0.15, -0.1) is 0 Å². The summed E-state index contributed by atoms with van der Waals surface area (Å²) >= 11 is 5.77. The normalized spacial score (nSPS) is 12.2. The molecule has 1 N–H and O–H groups in total. The number of hydrogen-bond acceptors (Lipinski definition) is 4. The third-order valence-corrected chi connectivity index (χ3v) is 6.17. The van der Waals surface area contributed by atoms with Crippen LogP contribution in [0.2, 0.25) is 5.02 Å². The third kappa shape index (κ3) is 4.81. The fourth-order valence-electron chi connectivity index (χ4n) is 2.38. The topological polar surface area (TPSA) is 79.4 Å². The molecule has 0 aliphatic heterocycles. The Morgan fingerprint density at radius 3 is 2.39 bits per heavy atom. The second kappa shape index (κ2) is 8.46. The lowest BCUT2D eigenvalue weighted by atomic mass is 10.2. The SMILES string of the molecule is CCN(CC)S(=O)(=O)c1cccc(C(=O)Nc2ncc(C(F)(F)F)cc2Cl)c1. The van der Waals surface area contributed by atoms with E-state index in [-0.39, 0.29) is 29.4 Å². The smallest absolute Gasteiger partial charge is 0.305 e. The van der Waals surface area contributed by atoms with Gasteiger partial charge in [0.1, 0.15) is 0 Å². The molecule has 1 aromatic heterocycles. The lowest BCUT2D eigenvalue weighted by Gasteiger charge is -2.18. The first-order valence-electron chi connectivity index (χ1n) is 8.15. The fraction of sp³-hybridized carbons (Fsp3) is 0.294. The number of rotatable bonds is 6. The van der Waals surface area contributed by atoms with Crippen molar-refractivity contribution in [3.63, 3.8) is 0 Å². The second-order valence-electron chi connectivity index (χ2n) is 5.62. The summed E-state index contributed by atoms with van der Waals surface area (Å²) in [5.41, 5.74) is -1.06. The molecule has 0 saturated heterocycles. The summed E-state index contributed by atoms with van der Waals surface area (Å²) in [5.74, 6) is -1.03. The Morgan fingerprint density at radius 1 is 1.21 bits per heavy atom. The molecule has 0 spiro atoms. The van der Waals surface area contributed by atoms with E-state index in [1.165, 1.54) is 28.6 Å². The van der Waals surface area contributed by atoms with Crippen LogP contribution in [0.25, 0.3) is 0 Å². The predicted octanol–water partition coefficient (Wildman–Crippen LogP) is 4.04. The van der Waals surface area contributed by atoms with Crippen molar-refractivity contribution < 1.29 is 26.4 Å². The van der Waals surface area contributed by atoms with E-state index in [0.29, 0.717) is 12.3 Å². The zero-order valence-electron chi connectivity index (χ0n) is 14.9. The van der Waals surface area contributed by atoms with Gasteiger partial charge in [0.15, 0.2) is 5.82 Å². The molecular weight excluding hydrogens is 419 g/mol. The average molecular weight is 436 g/mol. The van der Waals surface area contributed by atoms with Gasteiger partial charge in [0.05, 0.1) is 15.5 Å². The van der Waals surface area contributed by atoms with E-state index >= 15 is 0 Å². The number of benzene rings is 1. The molecule has 1 aromatic carbocycles. The highest BCUT2D eigenvalue weighted by Gasteiger charge is 2.31. The highest BCUT2D eigenvalue weighted by Crippen LogP contribution is 2.32. The van der Waals surface area contributed by atoms with Gasteiger partial charge < -0.3 is 5.32 Å². The number of pyridine rings is 1. The van der Waals surface area contributed by atoms with Crippen LogP contribution in [0, 0.1) is 0 Å². The number of amides is 1. The van der Waals surface area contributed by atoms with Gasteiger partial charge in [-0.2, -0.15) is 17.5 Å². The monoisotopic (exact) mass is 435 g/mol. The molecule has 11 heteroatoms. The molecule has 6 nitrogen and oxygen atoms in total. The molecule has 152 valence electrons. The highest BCUT2D eigenvalue weighted by molar-refractivity contribution is 7.89. The second-order valence-corrected chi connectivity index (χ2v) is 7.97. The maximum Gasteiger partial charge on any atom is 0.417 e. The zero-order valence-corrected chi connectivity index (χ0v) is 16.5. The van der Waals surface area contributed by atoms with Crippen LogP contribution >= 0.6 is 11.6 Å². The van der Waals surface area contributed by atoms with Crippen molar-refractivity contribution in [3.8, 4) is 0 Å². The van der Waals surface area contributed by atoms with Gasteiger partial charge in [-0.3, -0.25) is 4.79 Å². The highest BCUT2D eigenvalue weighted by atomic mass is 35.5. The number of anilines is 1. The number of halogens is 4. The summed E-state index contributed by atoms with van der Waals surface area (Å²) in [6.45, 7) is 3.91. The molecule has 1 heterocycles. The van der Waals surface area contributed by atoms with Crippen LogP contribution in [-0.2, 0) is 16.2 Å². The molecule has 0 aliphatic carbocycles. The summed E-state index contributed by atoms with van der Waals surface area (Å²) in [7, 11) is -3.77. The van der Waals surface area contributed by atoms with Crippen LogP contribution in [0.15, 0.2) is 41.4 Å². The lowest BCUT2D eigenvalue weighted by molar-refractivity contribution is -0.137. The van der Waals surface area contributed by atoms with Crippen molar-refractivity contribution in [1.29, 1.82) is 0 Å². The number of carbonyl (C=O) groups is 1. The number of alkyl halides is 3. The fourth-order valence-corrected chi connectivity index (χ4v) is 4.09. The van der Waals surface area contributed by atoms with Gasteiger partial charge in [-0.25, -0.2) is 13.4 Å². The quantitative estimate of drug-likeness (QED) is 0.742. The van der Waals surface area contributed by atoms with Gasteiger partial charge in [0, 0.05) is 24.8 Å². The molecule has 0 bridgehead atoms. The van der Waals surface area contributed by atoms with Crippen LogP contribution in [0.5, 0.6) is 0 Å². The van der Waals surface area contributed by atoms with Crippen LogP contribution in [0.1, 0.15) is 29.8 Å². The summed E-state index contributed by atoms with van der Waals surface area (Å²) in [4.78, 5) is 15.8. The minimum atomic E-state index is -4.62. The van der Waals surface area contributed by atoms with E-state index in [9.17, 15) is 26.4 Å². The van der Waals surface area contributed by atoms with Crippen molar-refractivity contribution >= 4 is 33.3 Å². The van der Waals surface area contributed by atoms with Crippen molar-refractivity contribution in [1.82, 2.24) is 9.29 Å². The van der Waals surface area contributed by atoms with E-state index in [1.54, 1.807) is 13.8 Å². The summed E-state index contributed by atoms with van der Waals surface area (Å²) in [5, 5.41) is 1.89. The number of sulfonamides is 1. The van der Waals surface area contributed by atoms with Crippen molar-refractivity contribution in [3.05, 3.63) is 52.7 Å². The van der Waals surface area contributed by atoms with Crippen molar-refractivity contribution in [2.75, 3.05) is 18.4 Å². The molecule has 0 atom stereocenters. The Bertz CT molecular complexity index is 977. The molecular formula is C17H17ClF3N3O3S. The summed E-state index contributed by atoms with van der Waals surface area (Å²) < 4.78 is 64.3. The van der Waals surface area contributed by atoms with Crippen LogP contribution in [0.4, 0.5) is 19.0 Å². The first-order chi connectivity index (χ1) is 13.0. The molecule has 28 heavy (non-hydrogen) atoms. The van der Waals surface area contributed by atoms with Gasteiger partial charge in [0.25, 0.3) is 5.91 Å². The largest absolute Gasteiger partial charge is 0.417 e. The molecule has 0 fully saturated rings. The minimum absolute atomic E-state index is 0.00834. The lowest BCUT2D eigenvalue weighted by Crippen LogP contribution is -2.30. The minimum Gasteiger partial charge on any atom is -0.305 e. The number of hydrogen-bond donors (Lipinski definition) is 1. The molecule has 0 radical (unpaired) electrons. The van der Waals surface area contributed by atoms with Crippen LogP contribution in [-0.4, -0.2) is 36.7 Å². The summed E-state index contributed by atoms with van der Waals surface area (Å²) in [6.07, 6.45) is -4.07. The first-order valence-corrected chi connectivity index (χ1v) is 9.96. The first kappa shape index (κ1) is 22.1. The Morgan fingerprint density at radius 2 is 1.86 bits per heavy atom. The standard InChI is InChI=1S/C17H17ClF3N3O3S/c1-3-24(4-2)28(26,27)13-7-5-6-11(8-13)16(25)23-15-14(18)9-12(10-22-15)17(19,20)21/h5-10H,3-4H2,1-2H3,(H,22,23,25). The Hall–Kier alpha value is -2.17. The Labute approximate surface area is 165 Å². The molecule has 0 aliphatic rings. The van der Waals surface area contributed by atoms with E-state index in [0.717, 1.165) is 0 Å². The molecule has 2 aromatic rings. The van der Waals surface area contributed by atoms with E-state index < -0.39 is 32.7 Å². The van der Waals surface area contributed by atoms with Gasteiger partial charge in [-0.1, -0.05) is 31.5 Å². The molecule has 1 amide bonds. The van der Waals surface area contributed by atoms with Crippen LogP contribution < -0.4 is 5.32 Å². The maximum atomic E-state index is 12.7. The van der Waals surface area contributed by atoms with E-state index in [2.05, 4.69) is 10.3 Å². The number of nitrogens with zero attached hydrogens (tertiary/aromatic N) is 2. The Balaban J connectivity index is 2.29. The molecule has 2 rings (SSSR count).